The van der Waals surface area contributed by atoms with E-state index in [-0.39, 0.29) is 34.8 Å². The molecule has 0 aliphatic carbocycles. The van der Waals surface area contributed by atoms with Crippen molar-refractivity contribution in [2.75, 3.05) is 67.6 Å². The van der Waals surface area contributed by atoms with Crippen molar-refractivity contribution in [1.82, 2.24) is 29.7 Å². The van der Waals surface area contributed by atoms with E-state index in [1.54, 1.807) is 6.20 Å². The Balaban J connectivity index is 1.17. The number of ether oxygens (including phenoxy) is 1. The summed E-state index contributed by atoms with van der Waals surface area (Å²) in [6, 6.07) is 6.31. The highest BCUT2D eigenvalue weighted by molar-refractivity contribution is 8.00. The number of piperazine rings is 1. The van der Waals surface area contributed by atoms with Crippen LogP contribution in [0.4, 0.5) is 22.7 Å². The van der Waals surface area contributed by atoms with Crippen LogP contribution in [-0.2, 0) is 15.3 Å². The fourth-order valence-corrected chi connectivity index (χ4v) is 9.97. The fraction of sp³-hybridized carbons (Fsp3) is 0.533. The molecule has 0 saturated carbocycles. The van der Waals surface area contributed by atoms with E-state index in [4.69, 9.17) is 31.2 Å². The number of likely N-dealkylation sites (N-methyl/N-ethyl adjacent to an activating group) is 1. The maximum Gasteiger partial charge on any atom is 0.323 e. The Morgan fingerprint density at radius 1 is 1.24 bits per heavy atom. The number of rotatable bonds is 8. The number of thiophene rings is 1. The van der Waals surface area contributed by atoms with E-state index in [2.05, 4.69) is 39.6 Å². The number of fused-ring (bicyclic) bond motifs is 3. The van der Waals surface area contributed by atoms with E-state index < -0.39 is 0 Å². The Kier molecular flexibility index (Phi) is 7.61. The third kappa shape index (κ3) is 4.99. The van der Waals surface area contributed by atoms with Gasteiger partial charge in [0.25, 0.3) is 0 Å². The predicted molar refractivity (Wildman–Crippen MR) is 175 cm³/mol. The third-order valence-electron chi connectivity index (χ3n) is 9.61. The molecule has 15 heteroatoms. The van der Waals surface area contributed by atoms with Crippen molar-refractivity contribution >= 4 is 51.7 Å². The molecule has 4 aliphatic heterocycles. The zero-order valence-corrected chi connectivity index (χ0v) is 27.3. The first-order valence-corrected chi connectivity index (χ1v) is 17.1. The van der Waals surface area contributed by atoms with Crippen molar-refractivity contribution in [2.24, 2.45) is 0 Å². The van der Waals surface area contributed by atoms with Crippen molar-refractivity contribution < 1.29 is 9.53 Å². The van der Waals surface area contributed by atoms with E-state index in [1.807, 2.05) is 35.8 Å². The molecule has 45 heavy (non-hydrogen) atoms. The minimum absolute atomic E-state index is 0.0845. The molecule has 13 nitrogen and oxygen atoms in total. The maximum absolute atomic E-state index is 12.7. The zero-order valence-electron chi connectivity index (χ0n) is 25.6. The van der Waals surface area contributed by atoms with E-state index in [9.17, 15) is 10.1 Å². The number of nitrogens with zero attached hydrogens (tertiary/aromatic N) is 9. The van der Waals surface area contributed by atoms with Gasteiger partial charge in [0.2, 0.25) is 17.8 Å². The van der Waals surface area contributed by atoms with Gasteiger partial charge >= 0.3 is 6.01 Å². The number of hydrogen-bond donors (Lipinski definition) is 2. The first-order chi connectivity index (χ1) is 21.7. The number of amides is 1. The first-order valence-electron chi connectivity index (χ1n) is 15.3. The average Bonchev–Trinajstić information content (AvgIpc) is 3.69. The Bertz CT molecular complexity index is 1670. The summed E-state index contributed by atoms with van der Waals surface area (Å²) in [4.78, 5) is 41.0. The van der Waals surface area contributed by atoms with Crippen LogP contribution in [0.2, 0.25) is 0 Å². The van der Waals surface area contributed by atoms with Gasteiger partial charge in [0.15, 0.2) is 0 Å². The molecule has 0 unspecified atom stereocenters. The smallest absolute Gasteiger partial charge is 0.323 e. The Morgan fingerprint density at radius 3 is 2.82 bits per heavy atom. The summed E-state index contributed by atoms with van der Waals surface area (Å²) in [5.41, 5.74) is 15.0. The van der Waals surface area contributed by atoms with Gasteiger partial charge in [0, 0.05) is 73.8 Å². The summed E-state index contributed by atoms with van der Waals surface area (Å²) in [6.45, 7) is 7.97. The lowest BCUT2D eigenvalue weighted by molar-refractivity contribution is -0.139. The van der Waals surface area contributed by atoms with Gasteiger partial charge in [-0.1, -0.05) is 6.07 Å². The number of nitriles is 1. The summed E-state index contributed by atoms with van der Waals surface area (Å²) >= 11 is 3.38. The number of nitrogen functional groups attached to an aromatic ring is 2. The van der Waals surface area contributed by atoms with Gasteiger partial charge in [-0.15, -0.1) is 23.1 Å². The van der Waals surface area contributed by atoms with Crippen molar-refractivity contribution in [3.63, 3.8) is 0 Å². The average molecular weight is 648 g/mol. The minimum atomic E-state index is -0.211. The van der Waals surface area contributed by atoms with Crippen molar-refractivity contribution in [2.45, 2.75) is 55.3 Å². The molecule has 4 N–H and O–H groups in total. The van der Waals surface area contributed by atoms with Crippen LogP contribution in [0.15, 0.2) is 18.3 Å². The molecule has 0 bridgehead atoms. The molecule has 236 valence electrons. The molecule has 0 radical (unpaired) electrons. The van der Waals surface area contributed by atoms with E-state index >= 15 is 0 Å². The standard InChI is InChI=1S/C30H37N11O2S2/c1-4-40(17(2)19-6-5-9-34-24(19)32)28-35-27(39-15-30(16-39)23-20(12-31)25(33)45-22(23)14-44-30)36-29(37-28)43-13-18-7-8-21-26(42)38(3)10-11-41(18)21/h5-6,9,17-18,21H,4,7-8,10-11,13-16,33H2,1-3H3,(H2,32,34)/t17-,18+,21+/m1/s1. The zero-order chi connectivity index (χ0) is 31.5. The molecule has 7 rings (SSSR count). The molecule has 1 amide bonds. The largest absolute Gasteiger partial charge is 0.462 e. The first kappa shape index (κ1) is 29.8. The second-order valence-corrected chi connectivity index (χ2v) is 14.6. The van der Waals surface area contributed by atoms with Crippen LogP contribution in [0.5, 0.6) is 6.01 Å². The lowest BCUT2D eigenvalue weighted by Gasteiger charge is -2.47. The summed E-state index contributed by atoms with van der Waals surface area (Å²) < 4.78 is 6.12. The van der Waals surface area contributed by atoms with Crippen LogP contribution in [0.3, 0.4) is 0 Å². The second-order valence-electron chi connectivity index (χ2n) is 12.1. The van der Waals surface area contributed by atoms with Crippen molar-refractivity contribution in [1.29, 1.82) is 5.26 Å². The quantitative estimate of drug-likeness (QED) is 0.367. The van der Waals surface area contributed by atoms with E-state index in [1.165, 1.54) is 16.2 Å². The number of carbonyl (C=O) groups excluding carboxylic acids is 1. The van der Waals surface area contributed by atoms with Crippen LogP contribution in [0.1, 0.15) is 54.3 Å². The predicted octanol–water partition coefficient (Wildman–Crippen LogP) is 2.60. The number of carbonyl (C=O) groups is 1. The van der Waals surface area contributed by atoms with Crippen LogP contribution in [0, 0.1) is 11.3 Å². The Labute approximate surface area is 270 Å². The van der Waals surface area contributed by atoms with Gasteiger partial charge < -0.3 is 30.9 Å². The number of anilines is 4. The normalized spacial score (nSPS) is 22.6. The summed E-state index contributed by atoms with van der Waals surface area (Å²) in [5, 5.41) is 10.4. The Morgan fingerprint density at radius 2 is 2.07 bits per heavy atom. The van der Waals surface area contributed by atoms with E-state index in [0.29, 0.717) is 61.1 Å². The van der Waals surface area contributed by atoms with Crippen LogP contribution in [0.25, 0.3) is 0 Å². The molecule has 3 fully saturated rings. The summed E-state index contributed by atoms with van der Waals surface area (Å²) in [6.07, 6.45) is 3.39. The number of aromatic nitrogens is 4. The SMILES string of the molecule is CCN(c1nc(OC[C@@H]2CC[C@H]3C(=O)N(C)CCN23)nc(N2CC3(C2)SCc2sc(N)c(C#N)c23)n1)[C@H](C)c1cccnc1N. The molecule has 7 heterocycles. The minimum Gasteiger partial charge on any atom is -0.462 e. The highest BCUT2D eigenvalue weighted by Crippen LogP contribution is 2.57. The molecular formula is C30H37N11O2S2. The molecule has 3 atom stereocenters. The van der Waals surface area contributed by atoms with Gasteiger partial charge in [0.05, 0.1) is 22.4 Å². The molecule has 3 saturated heterocycles. The highest BCUT2D eigenvalue weighted by Gasteiger charge is 2.53. The molecule has 1 spiro atoms. The molecular weight excluding hydrogens is 611 g/mol. The molecule has 4 aliphatic rings. The van der Waals surface area contributed by atoms with Crippen LogP contribution < -0.4 is 26.0 Å². The number of hydrogen-bond acceptors (Lipinski definition) is 14. The maximum atomic E-state index is 12.7. The number of nitrogens with two attached hydrogens (primary N) is 2. The lowest BCUT2D eigenvalue weighted by Crippen LogP contribution is -2.57. The monoisotopic (exact) mass is 647 g/mol. The van der Waals surface area contributed by atoms with Crippen LogP contribution >= 0.6 is 23.1 Å². The van der Waals surface area contributed by atoms with Crippen molar-refractivity contribution in [3.8, 4) is 12.1 Å². The number of thioether (sulfide) groups is 1. The van der Waals surface area contributed by atoms with E-state index in [0.717, 1.165) is 36.3 Å². The van der Waals surface area contributed by atoms with Crippen molar-refractivity contribution in [3.05, 3.63) is 39.9 Å². The topological polar surface area (TPSA) is 167 Å². The lowest BCUT2D eigenvalue weighted by atomic mass is 9.88. The second kappa shape index (κ2) is 11.5. The Hall–Kier alpha value is -3.87. The molecule has 3 aromatic rings. The number of pyridine rings is 1. The molecule has 3 aromatic heterocycles. The van der Waals surface area contributed by atoms with Gasteiger partial charge in [-0.3, -0.25) is 9.69 Å². The van der Waals surface area contributed by atoms with Crippen LogP contribution in [-0.4, -0.2) is 94.1 Å². The van der Waals surface area contributed by atoms with Gasteiger partial charge in [-0.25, -0.2) is 4.98 Å². The third-order valence-corrected chi connectivity index (χ3v) is 12.3. The van der Waals surface area contributed by atoms with Gasteiger partial charge in [-0.05, 0) is 32.8 Å². The summed E-state index contributed by atoms with van der Waals surface area (Å²) in [5.74, 6) is 2.52. The molecule has 0 aromatic carbocycles. The summed E-state index contributed by atoms with van der Waals surface area (Å²) in [7, 11) is 1.87. The highest BCUT2D eigenvalue weighted by atomic mass is 32.2. The van der Waals surface area contributed by atoms with Gasteiger partial charge in [-0.2, -0.15) is 20.2 Å². The fourth-order valence-electron chi connectivity index (χ4n) is 7.16. The van der Waals surface area contributed by atoms with Gasteiger partial charge in [0.1, 0.15) is 23.5 Å².